The van der Waals surface area contributed by atoms with Crippen LogP contribution in [-0.2, 0) is 0 Å². The third kappa shape index (κ3) is 2.42. The van der Waals surface area contributed by atoms with Gasteiger partial charge in [0, 0.05) is 41.7 Å². The molecular weight excluding hydrogens is 298 g/mol. The van der Waals surface area contributed by atoms with Crippen molar-refractivity contribution in [3.8, 4) is 0 Å². The van der Waals surface area contributed by atoms with Gasteiger partial charge in [-0.05, 0) is 31.4 Å². The average Bonchev–Trinajstić information content (AvgIpc) is 3.09. The first kappa shape index (κ1) is 13.8. The van der Waals surface area contributed by atoms with E-state index in [-0.39, 0.29) is 11.9 Å². The summed E-state index contributed by atoms with van der Waals surface area (Å²) in [5.74, 6) is 0.575. The van der Waals surface area contributed by atoms with Crippen molar-refractivity contribution in [1.29, 1.82) is 0 Å². The Balaban J connectivity index is 1.53. The molecule has 0 aliphatic carbocycles. The van der Waals surface area contributed by atoms with Gasteiger partial charge in [0.2, 0.25) is 0 Å². The molecule has 2 aromatic rings. The largest absolute Gasteiger partial charge is 0.347 e. The number of carbonyl (C=O) groups excluding carboxylic acids is 2. The number of fused-ring (bicyclic) bond motifs is 3. The maximum atomic E-state index is 12.4. The van der Waals surface area contributed by atoms with Gasteiger partial charge >= 0.3 is 0 Å². The van der Waals surface area contributed by atoms with Crippen LogP contribution in [0, 0.1) is 5.92 Å². The fourth-order valence-electron chi connectivity index (χ4n) is 3.59. The lowest BCUT2D eigenvalue weighted by Crippen LogP contribution is -2.47. The molecule has 5 nitrogen and oxygen atoms in total. The van der Waals surface area contributed by atoms with Crippen molar-refractivity contribution in [3.05, 3.63) is 28.9 Å². The molecule has 2 saturated heterocycles. The van der Waals surface area contributed by atoms with Gasteiger partial charge in [-0.3, -0.25) is 9.59 Å². The molecule has 2 aromatic heterocycles. The van der Waals surface area contributed by atoms with Crippen molar-refractivity contribution in [1.82, 2.24) is 15.2 Å². The second kappa shape index (κ2) is 5.44. The summed E-state index contributed by atoms with van der Waals surface area (Å²) < 4.78 is 0.931. The van der Waals surface area contributed by atoms with E-state index in [0.717, 1.165) is 35.9 Å². The van der Waals surface area contributed by atoms with Gasteiger partial charge in [0.05, 0.1) is 4.70 Å². The predicted molar refractivity (Wildman–Crippen MR) is 85.4 cm³/mol. The van der Waals surface area contributed by atoms with E-state index < -0.39 is 0 Å². The van der Waals surface area contributed by atoms with E-state index in [1.807, 2.05) is 0 Å². The predicted octanol–water partition coefficient (Wildman–Crippen LogP) is 1.93. The van der Waals surface area contributed by atoms with Crippen LogP contribution < -0.4 is 5.32 Å². The molecule has 1 amide bonds. The van der Waals surface area contributed by atoms with Gasteiger partial charge in [-0.1, -0.05) is 0 Å². The number of hydrogen-bond donors (Lipinski definition) is 1. The summed E-state index contributed by atoms with van der Waals surface area (Å²) in [6.07, 6.45) is 4.80. The van der Waals surface area contributed by atoms with E-state index in [1.165, 1.54) is 24.3 Å². The summed E-state index contributed by atoms with van der Waals surface area (Å²) in [6.45, 7) is 3.26. The van der Waals surface area contributed by atoms with Crippen LogP contribution in [0.25, 0.3) is 10.1 Å². The van der Waals surface area contributed by atoms with Gasteiger partial charge in [-0.15, -0.1) is 11.3 Å². The zero-order valence-electron chi connectivity index (χ0n) is 12.1. The minimum atomic E-state index is -0.141. The normalized spacial score (nSPS) is 27.0. The zero-order valence-corrected chi connectivity index (χ0v) is 12.9. The number of aromatic nitrogens is 1. The van der Waals surface area contributed by atoms with Crippen molar-refractivity contribution in [2.24, 2.45) is 5.92 Å². The Labute approximate surface area is 132 Å². The van der Waals surface area contributed by atoms with Crippen molar-refractivity contribution in [2.75, 3.05) is 19.6 Å². The number of pyridine rings is 1. The summed E-state index contributed by atoms with van der Waals surface area (Å²) in [5, 5.41) is 5.71. The van der Waals surface area contributed by atoms with Crippen LogP contribution in [0.1, 0.15) is 33.7 Å². The molecule has 0 radical (unpaired) electrons. The maximum Gasteiger partial charge on any atom is 0.270 e. The van der Waals surface area contributed by atoms with Gasteiger partial charge in [-0.25, -0.2) is 4.98 Å². The molecule has 4 heterocycles. The van der Waals surface area contributed by atoms with Gasteiger partial charge < -0.3 is 10.2 Å². The van der Waals surface area contributed by atoms with E-state index in [1.54, 1.807) is 17.6 Å². The molecular formula is C16H17N3O2S. The fourth-order valence-corrected chi connectivity index (χ4v) is 4.45. The number of nitrogens with one attached hydrogen (secondary N) is 1. The maximum absolute atomic E-state index is 12.4. The molecule has 2 aliphatic rings. The smallest absolute Gasteiger partial charge is 0.270 e. The van der Waals surface area contributed by atoms with Gasteiger partial charge in [0.25, 0.3) is 5.91 Å². The first-order valence-corrected chi connectivity index (χ1v) is 8.46. The number of thiophene rings is 1. The van der Waals surface area contributed by atoms with Gasteiger partial charge in [0.1, 0.15) is 5.69 Å². The third-order valence-electron chi connectivity index (χ3n) is 4.65. The van der Waals surface area contributed by atoms with E-state index >= 15 is 0 Å². The van der Waals surface area contributed by atoms with Crippen LogP contribution in [0.3, 0.4) is 0 Å². The molecule has 1 N–H and O–H groups in total. The molecule has 3 atom stereocenters. The van der Waals surface area contributed by atoms with Gasteiger partial charge in [0.15, 0.2) is 6.29 Å². The number of rotatable bonds is 3. The van der Waals surface area contributed by atoms with E-state index in [9.17, 15) is 9.59 Å². The lowest BCUT2D eigenvalue weighted by Gasteiger charge is -2.30. The highest BCUT2D eigenvalue weighted by Crippen LogP contribution is 2.27. The van der Waals surface area contributed by atoms with Crippen molar-refractivity contribution >= 4 is 33.6 Å². The van der Waals surface area contributed by atoms with E-state index in [2.05, 4.69) is 15.2 Å². The SMILES string of the molecule is O=Cc1csc2cnc(C(=O)N[C@@H]3C[C@@H]4CCN(C4)C3)cc12. The number of amides is 1. The monoisotopic (exact) mass is 315 g/mol. The second-order valence-electron chi connectivity index (χ2n) is 6.19. The fraction of sp³-hybridized carbons (Fsp3) is 0.438. The molecule has 2 fully saturated rings. The number of piperidine rings is 1. The van der Waals surface area contributed by atoms with Crippen LogP contribution in [0.2, 0.25) is 0 Å². The topological polar surface area (TPSA) is 62.3 Å². The summed E-state index contributed by atoms with van der Waals surface area (Å²) in [6, 6.07) is 1.93. The molecule has 2 bridgehead atoms. The lowest BCUT2D eigenvalue weighted by molar-refractivity contribution is 0.0904. The van der Waals surface area contributed by atoms with E-state index in [0.29, 0.717) is 17.2 Å². The van der Waals surface area contributed by atoms with Crippen molar-refractivity contribution in [3.63, 3.8) is 0 Å². The van der Waals surface area contributed by atoms with Gasteiger partial charge in [-0.2, -0.15) is 0 Å². The Morgan fingerprint density at radius 3 is 3.18 bits per heavy atom. The molecule has 2 aliphatic heterocycles. The Morgan fingerprint density at radius 1 is 1.45 bits per heavy atom. The molecule has 0 spiro atoms. The van der Waals surface area contributed by atoms with Crippen LogP contribution >= 0.6 is 11.3 Å². The quantitative estimate of drug-likeness (QED) is 0.879. The molecule has 22 heavy (non-hydrogen) atoms. The summed E-state index contributed by atoms with van der Waals surface area (Å²) >= 11 is 1.47. The highest BCUT2D eigenvalue weighted by Gasteiger charge is 2.33. The number of aldehydes is 1. The second-order valence-corrected chi connectivity index (χ2v) is 7.11. The molecule has 0 aromatic carbocycles. The Morgan fingerprint density at radius 2 is 2.36 bits per heavy atom. The molecule has 1 unspecified atom stereocenters. The minimum Gasteiger partial charge on any atom is -0.347 e. The summed E-state index contributed by atoms with van der Waals surface area (Å²) in [7, 11) is 0. The number of nitrogens with zero attached hydrogens (tertiary/aromatic N) is 2. The van der Waals surface area contributed by atoms with Crippen LogP contribution in [0.5, 0.6) is 0 Å². The first-order chi connectivity index (χ1) is 10.7. The highest BCUT2D eigenvalue weighted by molar-refractivity contribution is 7.17. The van der Waals surface area contributed by atoms with E-state index in [4.69, 9.17) is 0 Å². The van der Waals surface area contributed by atoms with Crippen molar-refractivity contribution < 1.29 is 9.59 Å². The Hall–Kier alpha value is -1.79. The lowest BCUT2D eigenvalue weighted by atomic mass is 9.97. The number of hydrogen-bond acceptors (Lipinski definition) is 5. The van der Waals surface area contributed by atoms with Crippen LogP contribution in [0.4, 0.5) is 0 Å². The first-order valence-electron chi connectivity index (χ1n) is 7.58. The highest BCUT2D eigenvalue weighted by atomic mass is 32.1. The van der Waals surface area contributed by atoms with Crippen LogP contribution in [-0.4, -0.2) is 47.8 Å². The zero-order chi connectivity index (χ0) is 15.1. The molecule has 6 heteroatoms. The third-order valence-corrected chi connectivity index (χ3v) is 5.60. The minimum absolute atomic E-state index is 0.141. The molecule has 0 saturated carbocycles. The Kier molecular flexibility index (Phi) is 3.43. The average molecular weight is 315 g/mol. The summed E-state index contributed by atoms with van der Waals surface area (Å²) in [4.78, 5) is 30.1. The van der Waals surface area contributed by atoms with Crippen LogP contribution in [0.15, 0.2) is 17.6 Å². The Bertz CT molecular complexity index is 730. The summed E-state index contributed by atoms with van der Waals surface area (Å²) in [5.41, 5.74) is 1.01. The van der Waals surface area contributed by atoms with Crippen molar-refractivity contribution in [2.45, 2.75) is 18.9 Å². The number of carbonyl (C=O) groups is 2. The molecule has 114 valence electrons. The standard InChI is InChI=1S/C16H17N3O2S/c20-8-11-9-22-15-5-17-14(4-13(11)15)16(21)18-12-3-10-1-2-19(6-10)7-12/h4-5,8-10,12H,1-3,6-7H2,(H,18,21)/t10-,12+/m0/s1. The molecule has 4 rings (SSSR count).